The minimum Gasteiger partial charge on any atom is -0.444 e. The zero-order valence-corrected chi connectivity index (χ0v) is 15.2. The number of amides is 1. The number of rotatable bonds is 7. The summed E-state index contributed by atoms with van der Waals surface area (Å²) < 4.78 is 10.5. The third-order valence-electron chi connectivity index (χ3n) is 3.16. The van der Waals surface area contributed by atoms with E-state index in [0.29, 0.717) is 12.5 Å². The van der Waals surface area contributed by atoms with Crippen molar-refractivity contribution in [2.75, 3.05) is 32.6 Å². The summed E-state index contributed by atoms with van der Waals surface area (Å²) in [5, 5.41) is 3.40. The number of ether oxygens (including phenoxy) is 2. The summed E-state index contributed by atoms with van der Waals surface area (Å²) in [5.74, 6) is 0.438. The first-order valence-electron chi connectivity index (χ1n) is 7.97. The van der Waals surface area contributed by atoms with E-state index in [1.807, 2.05) is 39.0 Å². The van der Waals surface area contributed by atoms with Crippen LogP contribution in [0.4, 0.5) is 10.5 Å². The Morgan fingerprint density at radius 2 is 2.04 bits per heavy atom. The Hall–Kier alpha value is -1.75. The molecule has 0 saturated carbocycles. The van der Waals surface area contributed by atoms with Crippen molar-refractivity contribution in [1.82, 2.24) is 4.90 Å². The first kappa shape index (κ1) is 19.3. The fraction of sp³-hybridized carbons (Fsp3) is 0.611. The van der Waals surface area contributed by atoms with Crippen LogP contribution in [0.5, 0.6) is 0 Å². The smallest absolute Gasteiger partial charge is 0.410 e. The third kappa shape index (κ3) is 7.88. The van der Waals surface area contributed by atoms with Crippen molar-refractivity contribution in [2.45, 2.75) is 39.8 Å². The van der Waals surface area contributed by atoms with E-state index < -0.39 is 5.60 Å². The van der Waals surface area contributed by atoms with Gasteiger partial charge < -0.3 is 19.7 Å². The van der Waals surface area contributed by atoms with Gasteiger partial charge in [-0.2, -0.15) is 0 Å². The second kappa shape index (κ2) is 8.77. The molecule has 0 radical (unpaired) electrons. The summed E-state index contributed by atoms with van der Waals surface area (Å²) in [4.78, 5) is 13.6. The summed E-state index contributed by atoms with van der Waals surface area (Å²) in [6.07, 6.45) is -0.315. The molecular weight excluding hydrogens is 292 g/mol. The molecule has 130 valence electrons. The number of anilines is 1. The van der Waals surface area contributed by atoms with Crippen molar-refractivity contribution in [3.05, 3.63) is 29.8 Å². The van der Waals surface area contributed by atoms with E-state index in [4.69, 9.17) is 9.47 Å². The van der Waals surface area contributed by atoms with E-state index >= 15 is 0 Å². The van der Waals surface area contributed by atoms with Gasteiger partial charge in [0.1, 0.15) is 5.60 Å². The summed E-state index contributed by atoms with van der Waals surface area (Å²) >= 11 is 0. The lowest BCUT2D eigenvalue weighted by Gasteiger charge is -2.24. The topological polar surface area (TPSA) is 50.8 Å². The molecule has 0 aliphatic carbocycles. The van der Waals surface area contributed by atoms with E-state index in [9.17, 15) is 4.79 Å². The van der Waals surface area contributed by atoms with Gasteiger partial charge in [0, 0.05) is 32.9 Å². The normalized spacial score (nSPS) is 12.6. The average molecular weight is 322 g/mol. The molecular formula is C18H30N2O3. The monoisotopic (exact) mass is 322 g/mol. The van der Waals surface area contributed by atoms with Crippen molar-refractivity contribution >= 4 is 11.8 Å². The van der Waals surface area contributed by atoms with Gasteiger partial charge in [-0.1, -0.05) is 19.1 Å². The number of carbonyl (C=O) groups excluding carboxylic acids is 1. The Morgan fingerprint density at radius 1 is 1.35 bits per heavy atom. The van der Waals surface area contributed by atoms with Crippen LogP contribution in [-0.2, 0) is 16.0 Å². The molecule has 0 saturated heterocycles. The molecule has 0 aliphatic heterocycles. The number of benzene rings is 1. The van der Waals surface area contributed by atoms with Crippen LogP contribution in [0.25, 0.3) is 0 Å². The number of methoxy groups -OCH3 is 1. The Balaban J connectivity index is 2.57. The van der Waals surface area contributed by atoms with Crippen LogP contribution in [0, 0.1) is 5.92 Å². The minimum absolute atomic E-state index is 0.315. The lowest BCUT2D eigenvalue weighted by atomic mass is 10.1. The quantitative estimate of drug-likeness (QED) is 0.830. The highest BCUT2D eigenvalue weighted by molar-refractivity contribution is 5.67. The first-order chi connectivity index (χ1) is 10.7. The number of nitrogens with one attached hydrogen (secondary N) is 1. The molecule has 0 aromatic heterocycles. The number of hydrogen-bond donors (Lipinski definition) is 1. The van der Waals surface area contributed by atoms with Crippen LogP contribution < -0.4 is 5.32 Å². The van der Waals surface area contributed by atoms with E-state index in [2.05, 4.69) is 18.3 Å². The molecule has 23 heavy (non-hydrogen) atoms. The molecule has 1 aromatic rings. The molecule has 1 rings (SSSR count). The number of nitrogens with zero attached hydrogens (tertiary/aromatic N) is 1. The zero-order chi connectivity index (χ0) is 17.5. The highest BCUT2D eigenvalue weighted by atomic mass is 16.6. The van der Waals surface area contributed by atoms with E-state index in [1.54, 1.807) is 19.1 Å². The fourth-order valence-electron chi connectivity index (χ4n) is 2.09. The predicted molar refractivity (Wildman–Crippen MR) is 93.7 cm³/mol. The molecule has 0 heterocycles. The third-order valence-corrected chi connectivity index (χ3v) is 3.16. The number of carbonyl (C=O) groups is 1. The van der Waals surface area contributed by atoms with Gasteiger partial charge in [0.25, 0.3) is 0 Å². The van der Waals surface area contributed by atoms with Gasteiger partial charge in [-0.15, -0.1) is 0 Å². The van der Waals surface area contributed by atoms with Gasteiger partial charge in [0.05, 0.1) is 6.61 Å². The fourth-order valence-corrected chi connectivity index (χ4v) is 2.09. The van der Waals surface area contributed by atoms with Gasteiger partial charge in [-0.25, -0.2) is 4.79 Å². The van der Waals surface area contributed by atoms with Gasteiger partial charge in [0.2, 0.25) is 0 Å². The van der Waals surface area contributed by atoms with Crippen molar-refractivity contribution < 1.29 is 14.3 Å². The van der Waals surface area contributed by atoms with E-state index in [0.717, 1.165) is 24.4 Å². The Labute approximate surface area is 140 Å². The molecule has 0 bridgehead atoms. The van der Waals surface area contributed by atoms with Gasteiger partial charge in [-0.05, 0) is 44.4 Å². The van der Waals surface area contributed by atoms with Gasteiger partial charge >= 0.3 is 6.09 Å². The summed E-state index contributed by atoms with van der Waals surface area (Å²) in [5.41, 5.74) is 1.62. The lowest BCUT2D eigenvalue weighted by Crippen LogP contribution is -2.33. The van der Waals surface area contributed by atoms with Crippen LogP contribution in [0.3, 0.4) is 0 Å². The standard InChI is InChI=1S/C18H30N2O3/c1-14(13-22-6)11-19-16-9-7-8-15(10-16)12-20(5)17(21)23-18(2,3)4/h7-10,14,19H,11-13H2,1-6H3. The van der Waals surface area contributed by atoms with Crippen molar-refractivity contribution in [3.63, 3.8) is 0 Å². The van der Waals surface area contributed by atoms with Crippen LogP contribution in [0.15, 0.2) is 24.3 Å². The van der Waals surface area contributed by atoms with E-state index in [-0.39, 0.29) is 6.09 Å². The van der Waals surface area contributed by atoms with Crippen LogP contribution in [0.2, 0.25) is 0 Å². The molecule has 1 unspecified atom stereocenters. The highest BCUT2D eigenvalue weighted by Gasteiger charge is 2.19. The molecule has 0 spiro atoms. The molecule has 0 aliphatic rings. The van der Waals surface area contributed by atoms with Crippen LogP contribution >= 0.6 is 0 Å². The summed E-state index contributed by atoms with van der Waals surface area (Å²) in [6, 6.07) is 8.07. The maximum Gasteiger partial charge on any atom is 0.410 e. The molecule has 1 amide bonds. The molecule has 5 heteroatoms. The van der Waals surface area contributed by atoms with Crippen molar-refractivity contribution in [2.24, 2.45) is 5.92 Å². The van der Waals surface area contributed by atoms with Crippen LogP contribution in [0.1, 0.15) is 33.3 Å². The second-order valence-corrected chi connectivity index (χ2v) is 6.98. The van der Waals surface area contributed by atoms with Gasteiger partial charge in [0.15, 0.2) is 0 Å². The van der Waals surface area contributed by atoms with Gasteiger partial charge in [-0.3, -0.25) is 0 Å². The second-order valence-electron chi connectivity index (χ2n) is 6.98. The van der Waals surface area contributed by atoms with Crippen molar-refractivity contribution in [3.8, 4) is 0 Å². The molecule has 0 fully saturated rings. The maximum atomic E-state index is 12.0. The average Bonchev–Trinajstić information content (AvgIpc) is 2.44. The SMILES string of the molecule is COCC(C)CNc1cccc(CN(C)C(=O)OC(C)(C)C)c1. The minimum atomic E-state index is -0.480. The molecule has 5 nitrogen and oxygen atoms in total. The number of hydrogen-bond acceptors (Lipinski definition) is 4. The Kier molecular flexibility index (Phi) is 7.36. The first-order valence-corrected chi connectivity index (χ1v) is 7.97. The van der Waals surface area contributed by atoms with Crippen molar-refractivity contribution in [1.29, 1.82) is 0 Å². The Bertz CT molecular complexity index is 497. The molecule has 1 N–H and O–H groups in total. The predicted octanol–water partition coefficient (Wildman–Crippen LogP) is 3.75. The Morgan fingerprint density at radius 3 is 2.65 bits per heavy atom. The largest absolute Gasteiger partial charge is 0.444 e. The maximum absolute atomic E-state index is 12.0. The summed E-state index contributed by atoms with van der Waals surface area (Å²) in [7, 11) is 3.46. The zero-order valence-electron chi connectivity index (χ0n) is 15.2. The highest BCUT2D eigenvalue weighted by Crippen LogP contribution is 2.15. The molecule has 1 aromatic carbocycles. The van der Waals surface area contributed by atoms with Crippen LogP contribution in [-0.4, -0.2) is 43.9 Å². The van der Waals surface area contributed by atoms with E-state index in [1.165, 1.54) is 0 Å². The lowest BCUT2D eigenvalue weighted by molar-refractivity contribution is 0.0285. The molecule has 1 atom stereocenters. The summed E-state index contributed by atoms with van der Waals surface area (Å²) in [6.45, 7) is 9.82.